The van der Waals surface area contributed by atoms with E-state index >= 15 is 0 Å². The van der Waals surface area contributed by atoms with Gasteiger partial charge in [-0.2, -0.15) is 10.1 Å². The summed E-state index contributed by atoms with van der Waals surface area (Å²) in [5.41, 5.74) is 3.96. The Balaban J connectivity index is 1.80. The monoisotopic (exact) mass is 284 g/mol. The molecule has 2 heterocycles. The molecular weight excluding hydrogens is 272 g/mol. The molecule has 0 saturated heterocycles. The van der Waals surface area contributed by atoms with Crippen molar-refractivity contribution in [1.29, 1.82) is 0 Å². The van der Waals surface area contributed by atoms with Gasteiger partial charge in [-0.1, -0.05) is 30.7 Å². The Morgan fingerprint density at radius 2 is 1.90 bits per heavy atom. The van der Waals surface area contributed by atoms with Gasteiger partial charge in [0.2, 0.25) is 5.28 Å². The van der Waals surface area contributed by atoms with Gasteiger partial charge in [0, 0.05) is 5.56 Å². The fraction of sp³-hybridized carbons (Fsp3) is 0.267. The molecule has 0 atom stereocenters. The summed E-state index contributed by atoms with van der Waals surface area (Å²) in [5.74, 6) is 0.743. The Morgan fingerprint density at radius 3 is 2.60 bits per heavy atom. The number of rotatable bonds is 2. The zero-order chi connectivity index (χ0) is 13.5. The van der Waals surface area contributed by atoms with Gasteiger partial charge in [0.05, 0.1) is 17.3 Å². The van der Waals surface area contributed by atoms with Crippen LogP contribution < -0.4 is 0 Å². The summed E-state index contributed by atoms with van der Waals surface area (Å²) in [4.78, 5) is 8.47. The smallest absolute Gasteiger partial charge is 0.224 e. The number of nitrogens with one attached hydrogen (secondary N) is 1. The van der Waals surface area contributed by atoms with E-state index in [0.29, 0.717) is 5.65 Å². The Morgan fingerprint density at radius 1 is 1.10 bits per heavy atom. The standard InChI is InChI=1S/C15H13ClN4/c16-15-18-13(12-8-17-20-14(12)19-15)11-6-4-10(5-7-11)9-2-1-3-9/h4-9H,1-3H2,(H,17,18,19,20). The lowest BCUT2D eigenvalue weighted by Gasteiger charge is -2.25. The van der Waals surface area contributed by atoms with Gasteiger partial charge < -0.3 is 0 Å². The molecule has 3 aromatic rings. The van der Waals surface area contributed by atoms with Gasteiger partial charge in [-0.05, 0) is 35.9 Å². The Kier molecular flexibility index (Phi) is 2.70. The third kappa shape index (κ3) is 1.88. The summed E-state index contributed by atoms with van der Waals surface area (Å²) < 4.78 is 0. The van der Waals surface area contributed by atoms with Crippen molar-refractivity contribution in [3.05, 3.63) is 41.3 Å². The molecule has 0 unspecified atom stereocenters. The zero-order valence-corrected chi connectivity index (χ0v) is 11.6. The van der Waals surface area contributed by atoms with Crippen molar-refractivity contribution in [1.82, 2.24) is 20.2 Å². The SMILES string of the molecule is Clc1nc(-c2ccc(C3CCC3)cc2)c2cn[nH]c2n1. The minimum Gasteiger partial charge on any atom is -0.261 e. The molecule has 4 rings (SSSR count). The number of H-pyrrole nitrogens is 1. The highest BCUT2D eigenvalue weighted by Gasteiger charge is 2.19. The maximum Gasteiger partial charge on any atom is 0.224 e. The van der Waals surface area contributed by atoms with E-state index in [1.807, 2.05) is 0 Å². The van der Waals surface area contributed by atoms with Crippen LogP contribution in [0.1, 0.15) is 30.7 Å². The summed E-state index contributed by atoms with van der Waals surface area (Å²) in [6.45, 7) is 0. The molecule has 5 heteroatoms. The molecule has 1 aliphatic rings. The molecule has 0 radical (unpaired) electrons. The predicted octanol–water partition coefficient (Wildman–Crippen LogP) is 3.94. The van der Waals surface area contributed by atoms with Crippen molar-refractivity contribution in [2.24, 2.45) is 0 Å². The molecule has 0 amide bonds. The number of aromatic amines is 1. The number of nitrogens with zero attached hydrogens (tertiary/aromatic N) is 3. The minimum absolute atomic E-state index is 0.236. The third-order valence-corrected chi connectivity index (χ3v) is 4.21. The van der Waals surface area contributed by atoms with E-state index in [0.717, 1.165) is 22.6 Å². The summed E-state index contributed by atoms with van der Waals surface area (Å²) in [6, 6.07) is 8.61. The predicted molar refractivity (Wildman–Crippen MR) is 78.7 cm³/mol. The second kappa shape index (κ2) is 4.56. The Bertz CT molecular complexity index is 759. The molecule has 2 aromatic heterocycles. The molecule has 100 valence electrons. The first-order valence-electron chi connectivity index (χ1n) is 6.78. The maximum absolute atomic E-state index is 5.97. The number of hydrogen-bond acceptors (Lipinski definition) is 3. The maximum atomic E-state index is 5.97. The fourth-order valence-corrected chi connectivity index (χ4v) is 2.85. The van der Waals surface area contributed by atoms with Crippen molar-refractivity contribution in [2.45, 2.75) is 25.2 Å². The number of fused-ring (bicyclic) bond motifs is 1. The lowest BCUT2D eigenvalue weighted by atomic mass is 9.80. The average molecular weight is 285 g/mol. The molecule has 0 spiro atoms. The van der Waals surface area contributed by atoms with Crippen LogP contribution in [0.15, 0.2) is 30.5 Å². The molecule has 1 N–H and O–H groups in total. The van der Waals surface area contributed by atoms with Crippen molar-refractivity contribution >= 4 is 22.6 Å². The van der Waals surface area contributed by atoms with E-state index in [9.17, 15) is 0 Å². The van der Waals surface area contributed by atoms with Crippen LogP contribution in [-0.4, -0.2) is 20.2 Å². The third-order valence-electron chi connectivity index (χ3n) is 4.04. The van der Waals surface area contributed by atoms with Crippen LogP contribution in [-0.2, 0) is 0 Å². The largest absolute Gasteiger partial charge is 0.261 e. The number of hydrogen-bond donors (Lipinski definition) is 1. The van der Waals surface area contributed by atoms with Crippen LogP contribution in [0.5, 0.6) is 0 Å². The van der Waals surface area contributed by atoms with Crippen molar-refractivity contribution in [2.75, 3.05) is 0 Å². The van der Waals surface area contributed by atoms with Gasteiger partial charge in [-0.25, -0.2) is 4.98 Å². The van der Waals surface area contributed by atoms with E-state index in [1.165, 1.54) is 24.8 Å². The van der Waals surface area contributed by atoms with Crippen LogP contribution in [0.4, 0.5) is 0 Å². The van der Waals surface area contributed by atoms with E-state index in [1.54, 1.807) is 6.20 Å². The molecular formula is C15H13ClN4. The van der Waals surface area contributed by atoms with Crippen LogP contribution in [0.2, 0.25) is 5.28 Å². The Hall–Kier alpha value is -1.94. The van der Waals surface area contributed by atoms with Crippen LogP contribution in [0, 0.1) is 0 Å². The highest BCUT2D eigenvalue weighted by molar-refractivity contribution is 6.28. The highest BCUT2D eigenvalue weighted by Crippen LogP contribution is 2.37. The van der Waals surface area contributed by atoms with E-state index in [2.05, 4.69) is 44.4 Å². The van der Waals surface area contributed by atoms with E-state index in [-0.39, 0.29) is 5.28 Å². The first-order valence-corrected chi connectivity index (χ1v) is 7.16. The zero-order valence-electron chi connectivity index (χ0n) is 10.8. The first kappa shape index (κ1) is 11.9. The summed E-state index contributed by atoms with van der Waals surface area (Å²) >= 11 is 5.97. The summed E-state index contributed by atoms with van der Waals surface area (Å²) in [7, 11) is 0. The van der Waals surface area contributed by atoms with Gasteiger partial charge in [0.1, 0.15) is 0 Å². The first-order chi connectivity index (χ1) is 9.81. The van der Waals surface area contributed by atoms with Crippen molar-refractivity contribution in [3.8, 4) is 11.3 Å². The molecule has 0 aliphatic heterocycles. The van der Waals surface area contributed by atoms with E-state index in [4.69, 9.17) is 11.6 Å². The number of benzene rings is 1. The summed E-state index contributed by atoms with van der Waals surface area (Å²) in [5, 5.41) is 7.97. The lowest BCUT2D eigenvalue weighted by Crippen LogP contribution is -2.08. The topological polar surface area (TPSA) is 54.5 Å². The molecule has 1 aromatic carbocycles. The normalized spacial score (nSPS) is 15.4. The quantitative estimate of drug-likeness (QED) is 0.725. The van der Waals surface area contributed by atoms with Crippen LogP contribution >= 0.6 is 11.6 Å². The van der Waals surface area contributed by atoms with Crippen LogP contribution in [0.25, 0.3) is 22.3 Å². The lowest BCUT2D eigenvalue weighted by molar-refractivity contribution is 0.420. The molecule has 1 saturated carbocycles. The minimum atomic E-state index is 0.236. The van der Waals surface area contributed by atoms with Crippen molar-refractivity contribution < 1.29 is 0 Å². The van der Waals surface area contributed by atoms with Gasteiger partial charge in [0.15, 0.2) is 5.65 Å². The number of aromatic nitrogens is 4. The molecule has 0 bridgehead atoms. The van der Waals surface area contributed by atoms with Gasteiger partial charge >= 0.3 is 0 Å². The van der Waals surface area contributed by atoms with Crippen molar-refractivity contribution in [3.63, 3.8) is 0 Å². The highest BCUT2D eigenvalue weighted by atomic mass is 35.5. The van der Waals surface area contributed by atoms with E-state index < -0.39 is 0 Å². The molecule has 4 nitrogen and oxygen atoms in total. The fourth-order valence-electron chi connectivity index (χ4n) is 2.68. The molecule has 1 aliphatic carbocycles. The Labute approximate surface area is 121 Å². The van der Waals surface area contributed by atoms with Gasteiger partial charge in [-0.15, -0.1) is 0 Å². The number of halogens is 1. The van der Waals surface area contributed by atoms with Gasteiger partial charge in [-0.3, -0.25) is 5.10 Å². The molecule has 1 fully saturated rings. The van der Waals surface area contributed by atoms with Crippen LogP contribution in [0.3, 0.4) is 0 Å². The second-order valence-corrected chi connectivity index (χ2v) is 5.56. The molecule has 20 heavy (non-hydrogen) atoms. The average Bonchev–Trinajstić information content (AvgIpc) is 2.84. The summed E-state index contributed by atoms with van der Waals surface area (Å²) in [6.07, 6.45) is 5.71. The van der Waals surface area contributed by atoms with Gasteiger partial charge in [0.25, 0.3) is 0 Å². The second-order valence-electron chi connectivity index (χ2n) is 5.22.